The minimum absolute atomic E-state index is 1.27. The fraction of sp³-hybridized carbons (Fsp3) is 0.0909. The van der Waals surface area contributed by atoms with E-state index in [2.05, 4.69) is 86.7 Å². The average molecular weight is 282 g/mol. The Labute approximate surface area is 130 Å². The van der Waals surface area contributed by atoms with Crippen molar-refractivity contribution in [1.29, 1.82) is 0 Å². The van der Waals surface area contributed by atoms with E-state index in [1.54, 1.807) is 0 Å². The molecule has 0 fully saturated rings. The third-order valence-corrected chi connectivity index (χ3v) is 4.30. The van der Waals surface area contributed by atoms with Gasteiger partial charge in [-0.15, -0.1) is 0 Å². The van der Waals surface area contributed by atoms with Crippen LogP contribution >= 0.6 is 0 Å². The van der Waals surface area contributed by atoms with Crippen LogP contribution in [0.25, 0.3) is 44.5 Å². The summed E-state index contributed by atoms with van der Waals surface area (Å²) in [5.74, 6) is 0. The zero-order valence-corrected chi connectivity index (χ0v) is 12.9. The van der Waals surface area contributed by atoms with Crippen LogP contribution in [0.15, 0.2) is 60.7 Å². The van der Waals surface area contributed by atoms with Crippen LogP contribution in [-0.2, 0) is 0 Å². The van der Waals surface area contributed by atoms with E-state index in [0.717, 1.165) is 0 Å². The summed E-state index contributed by atoms with van der Waals surface area (Å²) >= 11 is 0. The molecular weight excluding hydrogens is 264 g/mol. The zero-order valence-electron chi connectivity index (χ0n) is 12.9. The second-order valence-electron chi connectivity index (χ2n) is 5.82. The number of hydrogen-bond donors (Lipinski definition) is 0. The van der Waals surface area contributed by atoms with Crippen molar-refractivity contribution >= 4 is 44.5 Å². The maximum atomic E-state index is 2.28. The second kappa shape index (κ2) is 4.99. The normalized spacial score (nSPS) is 12.6. The molecule has 0 atom stereocenters. The van der Waals surface area contributed by atoms with E-state index in [-0.39, 0.29) is 0 Å². The topological polar surface area (TPSA) is 0 Å². The molecule has 0 nitrogen and oxygen atoms in total. The lowest BCUT2D eigenvalue weighted by Crippen LogP contribution is -1.86. The number of hydrogen-bond acceptors (Lipinski definition) is 0. The first-order valence-corrected chi connectivity index (χ1v) is 7.78. The highest BCUT2D eigenvalue weighted by atomic mass is 14.1. The van der Waals surface area contributed by atoms with Gasteiger partial charge in [0.25, 0.3) is 0 Å². The first-order chi connectivity index (χ1) is 10.8. The molecule has 0 N–H and O–H groups in total. The van der Waals surface area contributed by atoms with Crippen molar-refractivity contribution in [3.63, 3.8) is 0 Å². The molecule has 0 aliphatic heterocycles. The summed E-state index contributed by atoms with van der Waals surface area (Å²) in [4.78, 5) is 0. The van der Waals surface area contributed by atoms with Gasteiger partial charge in [-0.2, -0.15) is 0 Å². The zero-order chi connectivity index (χ0) is 15.1. The van der Waals surface area contributed by atoms with Crippen molar-refractivity contribution in [1.82, 2.24) is 0 Å². The van der Waals surface area contributed by atoms with Crippen molar-refractivity contribution in [2.45, 2.75) is 13.8 Å². The number of allylic oxidation sites excluding steroid dienone is 2. The molecule has 0 aliphatic rings. The summed E-state index contributed by atoms with van der Waals surface area (Å²) in [6.45, 7) is 4.12. The van der Waals surface area contributed by atoms with E-state index >= 15 is 0 Å². The van der Waals surface area contributed by atoms with E-state index < -0.39 is 0 Å². The molecule has 4 rings (SSSR count). The highest BCUT2D eigenvalue weighted by Gasteiger charge is 2.09. The minimum atomic E-state index is 1.27. The molecule has 0 aromatic heterocycles. The molecule has 0 heterocycles. The highest BCUT2D eigenvalue weighted by molar-refractivity contribution is 6.23. The van der Waals surface area contributed by atoms with Crippen LogP contribution in [0.1, 0.15) is 25.0 Å². The van der Waals surface area contributed by atoms with Gasteiger partial charge in [-0.1, -0.05) is 48.6 Å². The number of rotatable bonds is 2. The standard InChI is InChI=1S/C22H18/c1-3-5-15-11-17-7-9-19-13-16(6-4-2)14-20-10-8-18(12-15)21(17)22(19)20/h3-14H,1-2H3/b5-3+,6-4+. The van der Waals surface area contributed by atoms with Crippen LogP contribution in [0.3, 0.4) is 0 Å². The predicted octanol–water partition coefficient (Wildman–Crippen LogP) is 6.65. The Morgan fingerprint density at radius 1 is 0.545 bits per heavy atom. The maximum absolute atomic E-state index is 2.28. The molecule has 0 bridgehead atoms. The second-order valence-corrected chi connectivity index (χ2v) is 5.82. The van der Waals surface area contributed by atoms with Crippen molar-refractivity contribution in [2.75, 3.05) is 0 Å². The van der Waals surface area contributed by atoms with Gasteiger partial charge in [0.05, 0.1) is 0 Å². The summed E-state index contributed by atoms with van der Waals surface area (Å²) in [7, 11) is 0. The predicted molar refractivity (Wildman–Crippen MR) is 99.6 cm³/mol. The van der Waals surface area contributed by atoms with Crippen LogP contribution in [0, 0.1) is 0 Å². The molecule has 0 saturated carbocycles. The molecule has 0 unspecified atom stereocenters. The Morgan fingerprint density at radius 2 is 0.864 bits per heavy atom. The van der Waals surface area contributed by atoms with Crippen LogP contribution in [0.4, 0.5) is 0 Å². The van der Waals surface area contributed by atoms with E-state index in [1.807, 2.05) is 0 Å². The lowest BCUT2D eigenvalue weighted by Gasteiger charge is -2.12. The van der Waals surface area contributed by atoms with Crippen molar-refractivity contribution < 1.29 is 0 Å². The molecular formula is C22H18. The fourth-order valence-corrected chi connectivity index (χ4v) is 3.46. The van der Waals surface area contributed by atoms with Gasteiger partial charge in [-0.05, 0) is 81.6 Å². The van der Waals surface area contributed by atoms with Gasteiger partial charge in [-0.3, -0.25) is 0 Å². The summed E-state index contributed by atoms with van der Waals surface area (Å²) in [5, 5.41) is 8.06. The molecule has 22 heavy (non-hydrogen) atoms. The van der Waals surface area contributed by atoms with Crippen molar-refractivity contribution in [2.24, 2.45) is 0 Å². The Balaban J connectivity index is 2.16. The first kappa shape index (κ1) is 13.1. The highest BCUT2D eigenvalue weighted by Crippen LogP contribution is 2.36. The Bertz CT molecular complexity index is 880. The van der Waals surface area contributed by atoms with E-state index in [0.29, 0.717) is 0 Å². The molecule has 106 valence electrons. The molecule has 0 amide bonds. The van der Waals surface area contributed by atoms with Gasteiger partial charge >= 0.3 is 0 Å². The van der Waals surface area contributed by atoms with Crippen LogP contribution < -0.4 is 0 Å². The Kier molecular flexibility index (Phi) is 2.97. The van der Waals surface area contributed by atoms with Crippen LogP contribution in [0.2, 0.25) is 0 Å². The summed E-state index contributed by atoms with van der Waals surface area (Å²) in [6.07, 6.45) is 8.52. The van der Waals surface area contributed by atoms with E-state index in [1.165, 1.54) is 43.4 Å². The molecule has 0 spiro atoms. The van der Waals surface area contributed by atoms with Gasteiger partial charge in [0.2, 0.25) is 0 Å². The van der Waals surface area contributed by atoms with Gasteiger partial charge in [0.1, 0.15) is 0 Å². The molecule has 0 radical (unpaired) electrons. The third-order valence-electron chi connectivity index (χ3n) is 4.30. The summed E-state index contributed by atoms with van der Waals surface area (Å²) in [5.41, 5.74) is 2.53. The van der Waals surface area contributed by atoms with E-state index in [4.69, 9.17) is 0 Å². The van der Waals surface area contributed by atoms with Crippen LogP contribution in [-0.4, -0.2) is 0 Å². The summed E-state index contributed by atoms with van der Waals surface area (Å²) in [6, 6.07) is 18.1. The molecule has 0 saturated heterocycles. The molecule has 0 heteroatoms. The SMILES string of the molecule is C/C=C/c1cc2ccc3cc(/C=C/C)cc4ccc(c1)c2c34. The summed E-state index contributed by atoms with van der Waals surface area (Å²) < 4.78 is 0. The first-order valence-electron chi connectivity index (χ1n) is 7.78. The smallest absolute Gasteiger partial charge is 0.00264 e. The lowest BCUT2D eigenvalue weighted by molar-refractivity contribution is 1.69. The monoisotopic (exact) mass is 282 g/mol. The van der Waals surface area contributed by atoms with Gasteiger partial charge in [-0.25, -0.2) is 0 Å². The van der Waals surface area contributed by atoms with Gasteiger partial charge in [0, 0.05) is 0 Å². The Morgan fingerprint density at radius 3 is 1.14 bits per heavy atom. The van der Waals surface area contributed by atoms with Gasteiger partial charge < -0.3 is 0 Å². The lowest BCUT2D eigenvalue weighted by atomic mass is 9.91. The average Bonchev–Trinajstić information content (AvgIpc) is 2.53. The largest absolute Gasteiger partial charge is 0.0871 e. The fourth-order valence-electron chi connectivity index (χ4n) is 3.46. The minimum Gasteiger partial charge on any atom is -0.0871 e. The van der Waals surface area contributed by atoms with Crippen molar-refractivity contribution in [3.8, 4) is 0 Å². The number of benzene rings is 4. The quantitative estimate of drug-likeness (QED) is 0.361. The Hall–Kier alpha value is -2.60. The molecule has 0 aliphatic carbocycles. The maximum Gasteiger partial charge on any atom is -0.00264 e. The van der Waals surface area contributed by atoms with Gasteiger partial charge in [0.15, 0.2) is 0 Å². The molecule has 4 aromatic rings. The van der Waals surface area contributed by atoms with E-state index in [9.17, 15) is 0 Å². The van der Waals surface area contributed by atoms with Crippen molar-refractivity contribution in [3.05, 3.63) is 71.8 Å². The molecule has 4 aromatic carbocycles. The van der Waals surface area contributed by atoms with Crippen LogP contribution in [0.5, 0.6) is 0 Å². The third kappa shape index (κ3) is 1.92.